The smallest absolute Gasteiger partial charge is 0.244 e. The first-order chi connectivity index (χ1) is 8.99. The van der Waals surface area contributed by atoms with Crippen LogP contribution in [0, 0.1) is 0 Å². The van der Waals surface area contributed by atoms with E-state index in [2.05, 4.69) is 14.8 Å². The van der Waals surface area contributed by atoms with Crippen LogP contribution >= 0.6 is 0 Å². The highest BCUT2D eigenvalue weighted by molar-refractivity contribution is 7.89. The Morgan fingerprint density at radius 1 is 1.42 bits per heavy atom. The molecular formula is C11H15N5O2S. The Morgan fingerprint density at radius 2 is 2.21 bits per heavy atom. The van der Waals surface area contributed by atoms with Crippen LogP contribution in [-0.2, 0) is 23.5 Å². The van der Waals surface area contributed by atoms with Crippen molar-refractivity contribution in [2.75, 3.05) is 12.3 Å². The van der Waals surface area contributed by atoms with E-state index in [9.17, 15) is 8.42 Å². The second kappa shape index (κ2) is 5.37. The molecule has 3 N–H and O–H groups in total. The van der Waals surface area contributed by atoms with Crippen LogP contribution in [0.2, 0.25) is 0 Å². The van der Waals surface area contributed by atoms with Gasteiger partial charge in [0.2, 0.25) is 10.0 Å². The maximum Gasteiger partial charge on any atom is 0.244 e. The fourth-order valence-electron chi connectivity index (χ4n) is 1.60. The molecule has 2 heterocycles. The fourth-order valence-corrected chi connectivity index (χ4v) is 2.71. The lowest BCUT2D eigenvalue weighted by Crippen LogP contribution is -2.27. The van der Waals surface area contributed by atoms with Crippen molar-refractivity contribution >= 4 is 15.7 Å². The highest BCUT2D eigenvalue weighted by atomic mass is 32.2. The molecule has 2 aromatic rings. The second-order valence-electron chi connectivity index (χ2n) is 4.04. The molecule has 0 aromatic carbocycles. The topological polar surface area (TPSA) is 103 Å². The van der Waals surface area contributed by atoms with Gasteiger partial charge in [0.1, 0.15) is 4.90 Å². The van der Waals surface area contributed by atoms with Crippen LogP contribution in [0.3, 0.4) is 0 Å². The lowest BCUT2D eigenvalue weighted by Gasteiger charge is -2.07. The minimum Gasteiger partial charge on any atom is -0.398 e. The van der Waals surface area contributed by atoms with Gasteiger partial charge in [-0.2, -0.15) is 5.10 Å². The molecule has 0 radical (unpaired) electrons. The normalized spacial score (nSPS) is 11.6. The Labute approximate surface area is 111 Å². The molecule has 0 unspecified atom stereocenters. The lowest BCUT2D eigenvalue weighted by molar-refractivity contribution is 0.581. The van der Waals surface area contributed by atoms with E-state index < -0.39 is 10.0 Å². The Kier molecular flexibility index (Phi) is 3.82. The molecule has 0 aliphatic rings. The molecule has 19 heavy (non-hydrogen) atoms. The summed E-state index contributed by atoms with van der Waals surface area (Å²) in [4.78, 5) is 3.76. The Balaban J connectivity index is 2.01. The number of aromatic nitrogens is 3. The molecular weight excluding hydrogens is 266 g/mol. The van der Waals surface area contributed by atoms with E-state index in [-0.39, 0.29) is 17.1 Å². The first-order valence-electron chi connectivity index (χ1n) is 5.67. The van der Waals surface area contributed by atoms with Crippen LogP contribution in [0.25, 0.3) is 0 Å². The van der Waals surface area contributed by atoms with E-state index in [1.165, 1.54) is 18.5 Å². The predicted molar refractivity (Wildman–Crippen MR) is 70.7 cm³/mol. The van der Waals surface area contributed by atoms with Crippen LogP contribution in [0.5, 0.6) is 0 Å². The van der Waals surface area contributed by atoms with Crippen molar-refractivity contribution in [3.8, 4) is 0 Å². The van der Waals surface area contributed by atoms with E-state index in [0.29, 0.717) is 6.42 Å². The quantitative estimate of drug-likeness (QED) is 0.798. The molecule has 0 bridgehead atoms. The molecule has 7 nitrogen and oxygen atoms in total. The third kappa shape index (κ3) is 3.30. The number of aryl methyl sites for hydroxylation is 1. The molecule has 0 aliphatic heterocycles. The summed E-state index contributed by atoms with van der Waals surface area (Å²) in [5, 5.41) is 4.17. The van der Waals surface area contributed by atoms with Gasteiger partial charge in [0.25, 0.3) is 0 Å². The zero-order valence-electron chi connectivity index (χ0n) is 10.4. The highest BCUT2D eigenvalue weighted by Gasteiger charge is 2.16. The van der Waals surface area contributed by atoms with Crippen molar-refractivity contribution in [1.82, 2.24) is 19.5 Å². The number of hydrogen-bond acceptors (Lipinski definition) is 5. The molecule has 2 rings (SSSR count). The SMILES string of the molecule is Cn1ccc(CCNS(=O)(=O)c2cnccc2N)n1. The van der Waals surface area contributed by atoms with Gasteiger partial charge in [0.15, 0.2) is 0 Å². The fraction of sp³-hybridized carbons (Fsp3) is 0.273. The van der Waals surface area contributed by atoms with Crippen LogP contribution in [0.15, 0.2) is 35.6 Å². The van der Waals surface area contributed by atoms with Crippen molar-refractivity contribution in [1.29, 1.82) is 0 Å². The summed E-state index contributed by atoms with van der Waals surface area (Å²) < 4.78 is 28.1. The van der Waals surface area contributed by atoms with Crippen LogP contribution < -0.4 is 10.5 Å². The number of anilines is 1. The van der Waals surface area contributed by atoms with E-state index in [1.807, 2.05) is 19.3 Å². The average Bonchev–Trinajstić information content (AvgIpc) is 2.75. The van der Waals surface area contributed by atoms with Crippen molar-refractivity contribution in [2.45, 2.75) is 11.3 Å². The number of nitrogens with one attached hydrogen (secondary N) is 1. The Bertz CT molecular complexity index is 665. The Hall–Kier alpha value is -1.93. The van der Waals surface area contributed by atoms with Crippen LogP contribution in [0.1, 0.15) is 5.69 Å². The molecule has 0 saturated heterocycles. The molecule has 102 valence electrons. The number of sulfonamides is 1. The van der Waals surface area contributed by atoms with E-state index in [0.717, 1.165) is 5.69 Å². The summed E-state index contributed by atoms with van der Waals surface area (Å²) in [6.07, 6.45) is 5.00. The van der Waals surface area contributed by atoms with Crippen molar-refractivity contribution < 1.29 is 8.42 Å². The zero-order chi connectivity index (χ0) is 13.9. The third-order valence-corrected chi connectivity index (χ3v) is 4.05. The minimum atomic E-state index is -3.63. The van der Waals surface area contributed by atoms with Crippen molar-refractivity contribution in [3.05, 3.63) is 36.4 Å². The summed E-state index contributed by atoms with van der Waals surface area (Å²) in [6, 6.07) is 3.29. The van der Waals surface area contributed by atoms with Gasteiger partial charge in [-0.05, 0) is 12.1 Å². The highest BCUT2D eigenvalue weighted by Crippen LogP contribution is 2.15. The number of hydrogen-bond donors (Lipinski definition) is 2. The molecule has 8 heteroatoms. The maximum absolute atomic E-state index is 12.0. The summed E-state index contributed by atoms with van der Waals surface area (Å²) in [5.41, 5.74) is 6.62. The van der Waals surface area contributed by atoms with E-state index >= 15 is 0 Å². The number of rotatable bonds is 5. The van der Waals surface area contributed by atoms with Crippen molar-refractivity contribution in [2.24, 2.45) is 7.05 Å². The lowest BCUT2D eigenvalue weighted by atomic mass is 10.3. The van der Waals surface area contributed by atoms with Gasteiger partial charge in [0.05, 0.1) is 11.4 Å². The van der Waals surface area contributed by atoms with Gasteiger partial charge < -0.3 is 5.73 Å². The van der Waals surface area contributed by atoms with Gasteiger partial charge in [-0.1, -0.05) is 0 Å². The molecule has 0 aliphatic carbocycles. The first-order valence-corrected chi connectivity index (χ1v) is 7.15. The number of nitrogens with two attached hydrogens (primary N) is 1. The van der Waals surface area contributed by atoms with Crippen LogP contribution in [0.4, 0.5) is 5.69 Å². The summed E-state index contributed by atoms with van der Waals surface area (Å²) in [5.74, 6) is 0. The molecule has 0 amide bonds. The monoisotopic (exact) mass is 281 g/mol. The van der Waals surface area contributed by atoms with Gasteiger partial charge in [-0.25, -0.2) is 13.1 Å². The molecule has 0 saturated carbocycles. The third-order valence-electron chi connectivity index (χ3n) is 2.55. The standard InChI is InChI=1S/C11H15N5O2S/c1-16-7-4-9(15-16)2-6-14-19(17,18)11-8-13-5-3-10(11)12/h3-5,7-8,14H,2,6H2,1H3,(H2,12,13). The summed E-state index contributed by atoms with van der Waals surface area (Å²) >= 11 is 0. The molecule has 0 atom stereocenters. The average molecular weight is 281 g/mol. The van der Waals surface area contributed by atoms with E-state index in [4.69, 9.17) is 5.73 Å². The maximum atomic E-state index is 12.0. The van der Waals surface area contributed by atoms with Crippen LogP contribution in [-0.4, -0.2) is 29.7 Å². The molecule has 0 fully saturated rings. The van der Waals surface area contributed by atoms with Gasteiger partial charge in [-0.15, -0.1) is 0 Å². The minimum absolute atomic E-state index is 0.00368. The summed E-state index contributed by atoms with van der Waals surface area (Å²) in [7, 11) is -1.82. The van der Waals surface area contributed by atoms with Gasteiger partial charge in [0, 0.05) is 38.6 Å². The molecule has 2 aromatic heterocycles. The first kappa shape index (κ1) is 13.5. The van der Waals surface area contributed by atoms with Crippen molar-refractivity contribution in [3.63, 3.8) is 0 Å². The number of nitrogen functional groups attached to an aromatic ring is 1. The second-order valence-corrected chi connectivity index (χ2v) is 5.78. The predicted octanol–water partition coefficient (Wildman–Crippen LogP) is -0.0817. The largest absolute Gasteiger partial charge is 0.398 e. The Morgan fingerprint density at radius 3 is 2.84 bits per heavy atom. The number of nitrogens with zero attached hydrogens (tertiary/aromatic N) is 3. The van der Waals surface area contributed by atoms with E-state index in [1.54, 1.807) is 4.68 Å². The number of pyridine rings is 1. The zero-order valence-corrected chi connectivity index (χ0v) is 11.3. The summed E-state index contributed by atoms with van der Waals surface area (Å²) in [6.45, 7) is 0.258. The van der Waals surface area contributed by atoms with Gasteiger partial charge >= 0.3 is 0 Å². The van der Waals surface area contributed by atoms with Gasteiger partial charge in [-0.3, -0.25) is 9.67 Å². The molecule has 0 spiro atoms.